The van der Waals surface area contributed by atoms with Gasteiger partial charge in [0.15, 0.2) is 0 Å². The molecule has 0 radical (unpaired) electrons. The van der Waals surface area contributed by atoms with Crippen LogP contribution in [0.3, 0.4) is 0 Å². The van der Waals surface area contributed by atoms with E-state index in [0.29, 0.717) is 16.1 Å². The minimum atomic E-state index is -0.0181. The topological polar surface area (TPSA) is 68.0 Å². The molecule has 0 saturated carbocycles. The Balaban J connectivity index is 1.75. The third kappa shape index (κ3) is 7.08. The molecule has 0 aliphatic rings. The molecule has 0 unspecified atom stereocenters. The minimum absolute atomic E-state index is 0.0181. The largest absolute Gasteiger partial charge is 0.411 e. The molecule has 0 aliphatic carbocycles. The Morgan fingerprint density at radius 2 is 2.16 bits per heavy atom. The Morgan fingerprint density at radius 3 is 2.92 bits per heavy atom. The number of amides is 1. The summed E-state index contributed by atoms with van der Waals surface area (Å²) in [5, 5.41) is 12.0. The van der Waals surface area contributed by atoms with Gasteiger partial charge >= 0.3 is 0 Å². The molecule has 2 rings (SSSR count). The highest BCUT2D eigenvalue weighted by Gasteiger charge is 2.13. The van der Waals surface area contributed by atoms with E-state index in [-0.39, 0.29) is 17.7 Å². The molecule has 0 fully saturated rings. The van der Waals surface area contributed by atoms with Crippen molar-refractivity contribution < 1.29 is 9.21 Å². The fourth-order valence-corrected chi connectivity index (χ4v) is 3.16. The fourth-order valence-electron chi connectivity index (χ4n) is 2.40. The molecule has 0 aliphatic heterocycles. The highest BCUT2D eigenvalue weighted by molar-refractivity contribution is 7.99. The van der Waals surface area contributed by atoms with E-state index < -0.39 is 0 Å². The van der Waals surface area contributed by atoms with Gasteiger partial charge in [-0.05, 0) is 31.5 Å². The summed E-state index contributed by atoms with van der Waals surface area (Å²) in [4.78, 5) is 12.0. The lowest BCUT2D eigenvalue weighted by molar-refractivity contribution is -0.119. The maximum absolute atomic E-state index is 12.0. The average Bonchev–Trinajstić information content (AvgIpc) is 3.06. The summed E-state index contributed by atoms with van der Waals surface area (Å²) >= 11 is 7.20. The lowest BCUT2D eigenvalue weighted by atomic mass is 10.1. The summed E-state index contributed by atoms with van der Waals surface area (Å²) in [6, 6.07) is 7.40. The zero-order valence-electron chi connectivity index (χ0n) is 14.6. The number of nitrogens with zero attached hydrogens (tertiary/aromatic N) is 2. The summed E-state index contributed by atoms with van der Waals surface area (Å²) in [7, 11) is 0. The molecule has 1 aromatic heterocycles. The molecule has 1 aromatic carbocycles. The van der Waals surface area contributed by atoms with Gasteiger partial charge < -0.3 is 9.73 Å². The van der Waals surface area contributed by atoms with E-state index in [0.717, 1.165) is 18.4 Å². The number of nitrogens with one attached hydrogen (secondary N) is 1. The number of hydrogen-bond donors (Lipinski definition) is 1. The molecule has 1 amide bonds. The molecular formula is C18H24ClN3O2S. The van der Waals surface area contributed by atoms with Crippen LogP contribution in [-0.2, 0) is 4.79 Å². The van der Waals surface area contributed by atoms with Crippen molar-refractivity contribution in [3.63, 3.8) is 0 Å². The standard InChI is InChI=1S/C18H24ClN3O2S/c1-3-4-5-6-8-13(2)20-16(23)12-25-18-22-21-17(24-18)14-9-7-10-15(19)11-14/h7,9-11,13H,3-6,8,12H2,1-2H3,(H,20,23)/t13-/m1/s1. The zero-order valence-corrected chi connectivity index (χ0v) is 16.2. The van der Waals surface area contributed by atoms with Crippen molar-refractivity contribution in [3.8, 4) is 11.5 Å². The van der Waals surface area contributed by atoms with Crippen molar-refractivity contribution in [3.05, 3.63) is 29.3 Å². The average molecular weight is 382 g/mol. The molecule has 7 heteroatoms. The predicted molar refractivity (Wildman–Crippen MR) is 102 cm³/mol. The van der Waals surface area contributed by atoms with Crippen LogP contribution in [0.4, 0.5) is 0 Å². The van der Waals surface area contributed by atoms with Crippen molar-refractivity contribution in [1.82, 2.24) is 15.5 Å². The van der Waals surface area contributed by atoms with Crippen molar-refractivity contribution >= 4 is 29.3 Å². The number of aromatic nitrogens is 2. The van der Waals surface area contributed by atoms with Gasteiger partial charge in [0, 0.05) is 16.6 Å². The second-order valence-corrected chi connectivity index (χ2v) is 7.35. The number of carbonyl (C=O) groups is 1. The Kier molecular flexibility index (Phi) is 8.28. The Morgan fingerprint density at radius 1 is 1.32 bits per heavy atom. The molecule has 0 spiro atoms. The van der Waals surface area contributed by atoms with Crippen LogP contribution < -0.4 is 5.32 Å². The Labute approximate surface area is 157 Å². The van der Waals surface area contributed by atoms with E-state index >= 15 is 0 Å². The molecule has 136 valence electrons. The first-order chi connectivity index (χ1) is 12.1. The van der Waals surface area contributed by atoms with Crippen molar-refractivity contribution in [2.45, 2.75) is 57.2 Å². The van der Waals surface area contributed by atoms with Crippen LogP contribution in [0, 0.1) is 0 Å². The van der Waals surface area contributed by atoms with E-state index in [4.69, 9.17) is 16.0 Å². The minimum Gasteiger partial charge on any atom is -0.411 e. The van der Waals surface area contributed by atoms with E-state index in [1.165, 1.54) is 31.0 Å². The van der Waals surface area contributed by atoms with Crippen LogP contribution in [0.25, 0.3) is 11.5 Å². The van der Waals surface area contributed by atoms with Gasteiger partial charge in [0.25, 0.3) is 5.22 Å². The Bertz CT molecular complexity index is 678. The van der Waals surface area contributed by atoms with Gasteiger partial charge in [-0.1, -0.05) is 62.0 Å². The number of unbranched alkanes of at least 4 members (excludes halogenated alkanes) is 3. The number of benzene rings is 1. The fraction of sp³-hybridized carbons (Fsp3) is 0.500. The summed E-state index contributed by atoms with van der Waals surface area (Å²) in [5.41, 5.74) is 0.761. The maximum atomic E-state index is 12.0. The van der Waals surface area contributed by atoms with E-state index in [9.17, 15) is 4.79 Å². The second-order valence-electron chi connectivity index (χ2n) is 5.99. The maximum Gasteiger partial charge on any atom is 0.277 e. The van der Waals surface area contributed by atoms with Gasteiger partial charge in [-0.2, -0.15) is 0 Å². The van der Waals surface area contributed by atoms with Crippen LogP contribution >= 0.6 is 23.4 Å². The van der Waals surface area contributed by atoms with Crippen molar-refractivity contribution in [2.24, 2.45) is 0 Å². The monoisotopic (exact) mass is 381 g/mol. The summed E-state index contributed by atoms with van der Waals surface area (Å²) in [5.74, 6) is 0.640. The summed E-state index contributed by atoms with van der Waals surface area (Å²) in [6.45, 7) is 4.23. The lowest BCUT2D eigenvalue weighted by Crippen LogP contribution is -2.33. The number of hydrogen-bond acceptors (Lipinski definition) is 5. The van der Waals surface area contributed by atoms with Gasteiger partial charge in [0.05, 0.1) is 5.75 Å². The summed E-state index contributed by atoms with van der Waals surface area (Å²) in [6.07, 6.45) is 5.85. The molecule has 1 heterocycles. The van der Waals surface area contributed by atoms with Crippen LogP contribution in [0.15, 0.2) is 33.9 Å². The van der Waals surface area contributed by atoms with E-state index in [1.54, 1.807) is 12.1 Å². The molecular weight excluding hydrogens is 358 g/mol. The van der Waals surface area contributed by atoms with Gasteiger partial charge in [-0.25, -0.2) is 0 Å². The first-order valence-electron chi connectivity index (χ1n) is 8.60. The van der Waals surface area contributed by atoms with Crippen LogP contribution in [-0.4, -0.2) is 27.9 Å². The van der Waals surface area contributed by atoms with Gasteiger partial charge in [-0.3, -0.25) is 4.79 Å². The SMILES string of the molecule is CCCCCC[C@@H](C)NC(=O)CSc1nnc(-c2cccc(Cl)c2)o1. The lowest BCUT2D eigenvalue weighted by Gasteiger charge is -2.13. The molecule has 2 aromatic rings. The highest BCUT2D eigenvalue weighted by Crippen LogP contribution is 2.25. The van der Waals surface area contributed by atoms with Crippen molar-refractivity contribution in [1.29, 1.82) is 0 Å². The third-order valence-electron chi connectivity index (χ3n) is 3.70. The molecule has 0 bridgehead atoms. The Hall–Kier alpha value is -1.53. The van der Waals surface area contributed by atoms with Crippen LogP contribution in [0.2, 0.25) is 5.02 Å². The highest BCUT2D eigenvalue weighted by atomic mass is 35.5. The molecule has 1 N–H and O–H groups in total. The molecule has 5 nitrogen and oxygen atoms in total. The van der Waals surface area contributed by atoms with Gasteiger partial charge in [0.2, 0.25) is 11.8 Å². The molecule has 25 heavy (non-hydrogen) atoms. The number of thioether (sulfide) groups is 1. The molecule has 1 atom stereocenters. The number of carbonyl (C=O) groups excluding carboxylic acids is 1. The van der Waals surface area contributed by atoms with Gasteiger partial charge in [0.1, 0.15) is 0 Å². The molecule has 0 saturated heterocycles. The third-order valence-corrected chi connectivity index (χ3v) is 4.76. The smallest absolute Gasteiger partial charge is 0.277 e. The quantitative estimate of drug-likeness (QED) is 0.465. The predicted octanol–water partition coefficient (Wildman–Crippen LogP) is 4.96. The van der Waals surface area contributed by atoms with Gasteiger partial charge in [-0.15, -0.1) is 10.2 Å². The summed E-state index contributed by atoms with van der Waals surface area (Å²) < 4.78 is 5.57. The first kappa shape index (κ1) is 19.8. The van der Waals surface area contributed by atoms with E-state index in [2.05, 4.69) is 22.4 Å². The first-order valence-corrected chi connectivity index (χ1v) is 9.96. The van der Waals surface area contributed by atoms with Crippen molar-refractivity contribution in [2.75, 3.05) is 5.75 Å². The van der Waals surface area contributed by atoms with E-state index in [1.807, 2.05) is 19.1 Å². The van der Waals surface area contributed by atoms with Crippen LogP contribution in [0.1, 0.15) is 46.0 Å². The second kappa shape index (κ2) is 10.5. The normalized spacial score (nSPS) is 12.1. The number of rotatable bonds is 10. The number of halogens is 1. The zero-order chi connectivity index (χ0) is 18.1. The van der Waals surface area contributed by atoms with Crippen LogP contribution in [0.5, 0.6) is 0 Å².